The van der Waals surface area contributed by atoms with Gasteiger partial charge in [-0.05, 0) is 37.8 Å². The van der Waals surface area contributed by atoms with Gasteiger partial charge in [-0.15, -0.1) is 0 Å². The number of hydrogen-bond donors (Lipinski definition) is 1. The first-order chi connectivity index (χ1) is 8.15. The first kappa shape index (κ1) is 11.7. The van der Waals surface area contributed by atoms with Crippen LogP contribution >= 0.6 is 0 Å². The number of primary amides is 1. The summed E-state index contributed by atoms with van der Waals surface area (Å²) >= 11 is 0. The van der Waals surface area contributed by atoms with Gasteiger partial charge < -0.3 is 15.2 Å². The molecule has 0 atom stereocenters. The fourth-order valence-corrected chi connectivity index (χ4v) is 1.94. The van der Waals surface area contributed by atoms with Gasteiger partial charge in [-0.2, -0.15) is 0 Å². The molecule has 0 spiro atoms. The third kappa shape index (κ3) is 3.09. The zero-order valence-corrected chi connectivity index (χ0v) is 9.32. The van der Waals surface area contributed by atoms with Gasteiger partial charge in [0, 0.05) is 6.07 Å². The number of carbonyl (C=O) groups is 1. The Hall–Kier alpha value is -1.78. The maximum Gasteiger partial charge on any atom is 0.409 e. The number of nitrogens with two attached hydrogens (primary N) is 1. The molecule has 1 saturated carbocycles. The highest BCUT2D eigenvalue weighted by Gasteiger charge is 2.18. The summed E-state index contributed by atoms with van der Waals surface area (Å²) in [7, 11) is 0. The highest BCUT2D eigenvalue weighted by molar-refractivity contribution is 5.68. The molecule has 0 radical (unpaired) electrons. The van der Waals surface area contributed by atoms with E-state index in [1.54, 1.807) is 0 Å². The van der Waals surface area contributed by atoms with Gasteiger partial charge in [0.2, 0.25) is 0 Å². The minimum atomic E-state index is -0.964. The normalized spacial score (nSPS) is 15.8. The van der Waals surface area contributed by atoms with Crippen molar-refractivity contribution in [1.82, 2.24) is 0 Å². The Bertz CT molecular complexity index is 416. The minimum absolute atomic E-state index is 0.0776. The molecule has 1 fully saturated rings. The fourth-order valence-electron chi connectivity index (χ4n) is 1.94. The van der Waals surface area contributed by atoms with E-state index in [4.69, 9.17) is 10.5 Å². The van der Waals surface area contributed by atoms with Crippen LogP contribution in [0.3, 0.4) is 0 Å². The lowest BCUT2D eigenvalue weighted by Crippen LogP contribution is -2.16. The van der Waals surface area contributed by atoms with Crippen molar-refractivity contribution in [1.29, 1.82) is 0 Å². The molecule has 0 bridgehead atoms. The van der Waals surface area contributed by atoms with E-state index < -0.39 is 11.9 Å². The predicted octanol–water partition coefficient (Wildman–Crippen LogP) is 2.60. The molecule has 0 aliphatic heterocycles. The molecule has 1 aliphatic rings. The average molecular weight is 239 g/mol. The maximum atomic E-state index is 13.6. The summed E-state index contributed by atoms with van der Waals surface area (Å²) in [6.07, 6.45) is 3.28. The van der Waals surface area contributed by atoms with Crippen molar-refractivity contribution in [2.24, 2.45) is 5.73 Å². The average Bonchev–Trinajstić information content (AvgIpc) is 2.74. The lowest BCUT2D eigenvalue weighted by Gasteiger charge is -2.13. The number of benzene rings is 1. The smallest absolute Gasteiger partial charge is 0.409 e. The fraction of sp³-hybridized carbons (Fsp3) is 0.417. The van der Waals surface area contributed by atoms with Crippen molar-refractivity contribution in [2.45, 2.75) is 31.8 Å². The molecule has 5 heteroatoms. The molecule has 4 nitrogen and oxygen atoms in total. The highest BCUT2D eigenvalue weighted by Crippen LogP contribution is 2.28. The van der Waals surface area contributed by atoms with Crippen LogP contribution in [-0.2, 0) is 0 Å². The van der Waals surface area contributed by atoms with E-state index in [9.17, 15) is 9.18 Å². The van der Waals surface area contributed by atoms with Crippen LogP contribution in [0.4, 0.5) is 9.18 Å². The Morgan fingerprint density at radius 1 is 1.35 bits per heavy atom. The molecule has 0 saturated heterocycles. The lowest BCUT2D eigenvalue weighted by atomic mass is 10.3. The monoisotopic (exact) mass is 239 g/mol. The standard InChI is InChI=1S/C12H14FNO3/c13-10-7-9(17-12(14)15)5-6-11(10)16-8-3-1-2-4-8/h5-8H,1-4H2,(H2,14,15). The van der Waals surface area contributed by atoms with Gasteiger partial charge in [0.05, 0.1) is 6.10 Å². The molecule has 0 heterocycles. The van der Waals surface area contributed by atoms with Crippen LogP contribution in [-0.4, -0.2) is 12.2 Å². The largest absolute Gasteiger partial charge is 0.487 e. The van der Waals surface area contributed by atoms with Crippen LogP contribution in [0.25, 0.3) is 0 Å². The summed E-state index contributed by atoms with van der Waals surface area (Å²) in [4.78, 5) is 10.5. The summed E-state index contributed by atoms with van der Waals surface area (Å²) in [5, 5.41) is 0. The third-order valence-corrected chi connectivity index (χ3v) is 2.72. The van der Waals surface area contributed by atoms with Crippen LogP contribution in [0.15, 0.2) is 18.2 Å². The highest BCUT2D eigenvalue weighted by atomic mass is 19.1. The number of ether oxygens (including phenoxy) is 2. The van der Waals surface area contributed by atoms with E-state index in [-0.39, 0.29) is 17.6 Å². The second-order valence-corrected chi connectivity index (χ2v) is 4.04. The molecule has 1 amide bonds. The number of amides is 1. The summed E-state index contributed by atoms with van der Waals surface area (Å²) in [5.41, 5.74) is 4.83. The second-order valence-electron chi connectivity index (χ2n) is 4.04. The van der Waals surface area contributed by atoms with E-state index >= 15 is 0 Å². The van der Waals surface area contributed by atoms with E-state index in [0.29, 0.717) is 0 Å². The zero-order valence-electron chi connectivity index (χ0n) is 9.32. The summed E-state index contributed by atoms with van der Waals surface area (Å²) in [5.74, 6) is -0.279. The lowest BCUT2D eigenvalue weighted by molar-refractivity contribution is 0.199. The van der Waals surface area contributed by atoms with Gasteiger partial charge in [0.15, 0.2) is 11.6 Å². The molecule has 1 aliphatic carbocycles. The van der Waals surface area contributed by atoms with E-state index in [0.717, 1.165) is 31.7 Å². The van der Waals surface area contributed by atoms with E-state index in [1.165, 1.54) is 12.1 Å². The van der Waals surface area contributed by atoms with Crippen LogP contribution in [0.2, 0.25) is 0 Å². The summed E-state index contributed by atoms with van der Waals surface area (Å²) in [6, 6.07) is 4.00. The predicted molar refractivity (Wildman–Crippen MR) is 59.5 cm³/mol. The Balaban J connectivity index is 2.05. The van der Waals surface area contributed by atoms with Gasteiger partial charge in [0.25, 0.3) is 0 Å². The molecular formula is C12H14FNO3. The Morgan fingerprint density at radius 3 is 2.65 bits per heavy atom. The topological polar surface area (TPSA) is 61.6 Å². The quantitative estimate of drug-likeness (QED) is 0.881. The van der Waals surface area contributed by atoms with Crippen LogP contribution < -0.4 is 15.2 Å². The Kier molecular flexibility index (Phi) is 3.46. The van der Waals surface area contributed by atoms with E-state index in [2.05, 4.69) is 4.74 Å². The summed E-state index contributed by atoms with van der Waals surface area (Å²) < 4.78 is 23.7. The molecule has 0 aromatic heterocycles. The van der Waals surface area contributed by atoms with Crippen molar-refractivity contribution >= 4 is 6.09 Å². The molecule has 17 heavy (non-hydrogen) atoms. The molecule has 2 rings (SSSR count). The zero-order chi connectivity index (χ0) is 12.3. The van der Waals surface area contributed by atoms with Gasteiger partial charge in [-0.1, -0.05) is 0 Å². The SMILES string of the molecule is NC(=O)Oc1ccc(OC2CCCC2)c(F)c1. The summed E-state index contributed by atoms with van der Waals surface area (Å²) in [6.45, 7) is 0. The number of carbonyl (C=O) groups excluding carboxylic acids is 1. The molecule has 2 N–H and O–H groups in total. The minimum Gasteiger partial charge on any atom is -0.487 e. The number of hydrogen-bond acceptors (Lipinski definition) is 3. The molecular weight excluding hydrogens is 225 g/mol. The van der Waals surface area contributed by atoms with Gasteiger partial charge in [-0.3, -0.25) is 0 Å². The molecule has 1 aromatic carbocycles. The van der Waals surface area contributed by atoms with Crippen molar-refractivity contribution in [2.75, 3.05) is 0 Å². The van der Waals surface area contributed by atoms with E-state index in [1.807, 2.05) is 0 Å². The molecule has 92 valence electrons. The third-order valence-electron chi connectivity index (χ3n) is 2.72. The van der Waals surface area contributed by atoms with Gasteiger partial charge in [0.1, 0.15) is 5.75 Å². The Morgan fingerprint density at radius 2 is 2.06 bits per heavy atom. The van der Waals surface area contributed by atoms with Crippen LogP contribution in [0.5, 0.6) is 11.5 Å². The molecule has 1 aromatic rings. The maximum absolute atomic E-state index is 13.6. The molecule has 0 unspecified atom stereocenters. The Labute approximate surface area is 98.5 Å². The van der Waals surface area contributed by atoms with Crippen molar-refractivity contribution in [3.8, 4) is 11.5 Å². The second kappa shape index (κ2) is 5.03. The van der Waals surface area contributed by atoms with Gasteiger partial charge in [-0.25, -0.2) is 9.18 Å². The van der Waals surface area contributed by atoms with Crippen LogP contribution in [0.1, 0.15) is 25.7 Å². The number of rotatable bonds is 3. The van der Waals surface area contributed by atoms with Gasteiger partial charge >= 0.3 is 6.09 Å². The first-order valence-electron chi connectivity index (χ1n) is 5.58. The van der Waals surface area contributed by atoms with Crippen molar-refractivity contribution in [3.05, 3.63) is 24.0 Å². The number of halogens is 1. The first-order valence-corrected chi connectivity index (χ1v) is 5.58. The van der Waals surface area contributed by atoms with Crippen molar-refractivity contribution < 1.29 is 18.7 Å². The van der Waals surface area contributed by atoms with Crippen molar-refractivity contribution in [3.63, 3.8) is 0 Å². The van der Waals surface area contributed by atoms with Crippen LogP contribution in [0, 0.1) is 5.82 Å².